The Balaban J connectivity index is 1.33. The highest BCUT2D eigenvalue weighted by Gasteiger charge is 2.33. The molecule has 3 aromatic rings. The zero-order valence-electron chi connectivity index (χ0n) is 17.8. The van der Waals surface area contributed by atoms with Crippen molar-refractivity contribution in [3.63, 3.8) is 0 Å². The Labute approximate surface area is 189 Å². The summed E-state index contributed by atoms with van der Waals surface area (Å²) in [6.45, 7) is 4.97. The van der Waals surface area contributed by atoms with Crippen LogP contribution in [0.1, 0.15) is 15.6 Å². The Kier molecular flexibility index (Phi) is 6.85. The smallest absolute Gasteiger partial charge is 0.254 e. The van der Waals surface area contributed by atoms with Crippen LogP contribution in [0.25, 0.3) is 11.0 Å². The van der Waals surface area contributed by atoms with Gasteiger partial charge >= 0.3 is 0 Å². The first-order chi connectivity index (χ1) is 15.4. The van der Waals surface area contributed by atoms with E-state index in [-0.39, 0.29) is 6.54 Å². The molecule has 0 aliphatic carbocycles. The van der Waals surface area contributed by atoms with Gasteiger partial charge in [-0.3, -0.25) is 9.59 Å². The number of benzene rings is 1. The van der Waals surface area contributed by atoms with Gasteiger partial charge in [-0.15, -0.1) is 11.3 Å². The molecule has 2 aromatic heterocycles. The number of nitrogens with one attached hydrogen (secondary N) is 2. The van der Waals surface area contributed by atoms with Crippen LogP contribution in [0.5, 0.6) is 0 Å². The molecule has 1 aliphatic rings. The summed E-state index contributed by atoms with van der Waals surface area (Å²) in [4.78, 5) is 32.6. The fraction of sp³-hybridized carbons (Fsp3) is 0.409. The summed E-state index contributed by atoms with van der Waals surface area (Å²) in [6, 6.07) is 11.9. The lowest BCUT2D eigenvalue weighted by atomic mass is 10.1. The molecular formula is C22H27N5O4S. The van der Waals surface area contributed by atoms with Crippen LogP contribution in [-0.4, -0.2) is 74.9 Å². The van der Waals surface area contributed by atoms with Crippen molar-refractivity contribution in [1.82, 2.24) is 25.1 Å². The van der Waals surface area contributed by atoms with E-state index in [1.807, 2.05) is 43.3 Å². The van der Waals surface area contributed by atoms with Gasteiger partial charge in [0.05, 0.1) is 24.1 Å². The predicted octanol–water partition coefficient (Wildman–Crippen LogP) is 0.224. The fourth-order valence-corrected chi connectivity index (χ4v) is 4.73. The molecule has 0 spiro atoms. The van der Waals surface area contributed by atoms with Crippen molar-refractivity contribution in [2.45, 2.75) is 32.2 Å². The van der Waals surface area contributed by atoms with Gasteiger partial charge in [0.25, 0.3) is 11.8 Å². The van der Waals surface area contributed by atoms with Gasteiger partial charge in [0.2, 0.25) is 0 Å². The summed E-state index contributed by atoms with van der Waals surface area (Å²) in [5.41, 5.74) is 2.02. The second kappa shape index (κ2) is 9.78. The van der Waals surface area contributed by atoms with Crippen LogP contribution in [0.4, 0.5) is 0 Å². The number of aliphatic hydroxyl groups is 2. The molecule has 4 rings (SSSR count). The molecule has 1 aromatic carbocycles. The number of fused-ring (bicyclic) bond motifs is 1. The van der Waals surface area contributed by atoms with Gasteiger partial charge in [0.1, 0.15) is 5.82 Å². The highest BCUT2D eigenvalue weighted by Crippen LogP contribution is 2.22. The highest BCUT2D eigenvalue weighted by atomic mass is 32.1. The molecule has 3 heterocycles. The fourth-order valence-electron chi connectivity index (χ4n) is 3.78. The molecule has 0 saturated carbocycles. The summed E-state index contributed by atoms with van der Waals surface area (Å²) >= 11 is 1.55. The van der Waals surface area contributed by atoms with E-state index in [2.05, 4.69) is 20.2 Å². The van der Waals surface area contributed by atoms with Crippen molar-refractivity contribution in [3.05, 3.63) is 52.0 Å². The molecule has 9 nitrogen and oxygen atoms in total. The van der Waals surface area contributed by atoms with E-state index in [1.54, 1.807) is 11.3 Å². The van der Waals surface area contributed by atoms with Gasteiger partial charge in [0.15, 0.2) is 12.2 Å². The number of para-hydroxylation sites is 2. The van der Waals surface area contributed by atoms with Crippen LogP contribution in [0.2, 0.25) is 0 Å². The first-order valence-corrected chi connectivity index (χ1v) is 11.4. The second-order valence-electron chi connectivity index (χ2n) is 7.78. The minimum Gasteiger partial charge on any atom is -0.380 e. The Morgan fingerprint density at radius 3 is 2.62 bits per heavy atom. The minimum absolute atomic E-state index is 0.207. The largest absolute Gasteiger partial charge is 0.380 e. The lowest BCUT2D eigenvalue weighted by Gasteiger charge is -2.30. The van der Waals surface area contributed by atoms with Gasteiger partial charge < -0.3 is 30.3 Å². The normalized spacial score (nSPS) is 16.2. The number of aliphatic hydroxyl groups excluding tert-OH is 2. The lowest BCUT2D eigenvalue weighted by Crippen LogP contribution is -2.54. The Bertz CT molecular complexity index is 1100. The van der Waals surface area contributed by atoms with E-state index in [9.17, 15) is 19.8 Å². The number of imidazole rings is 1. The first kappa shape index (κ1) is 22.4. The number of hydrogen-bond donors (Lipinski definition) is 4. The zero-order valence-corrected chi connectivity index (χ0v) is 18.6. The van der Waals surface area contributed by atoms with Gasteiger partial charge in [-0.2, -0.15) is 0 Å². The number of aryl methyl sites for hydroxylation is 1. The number of nitrogens with zero attached hydrogens (tertiary/aromatic N) is 3. The number of carbonyl (C=O) groups is 2. The zero-order chi connectivity index (χ0) is 22.7. The van der Waals surface area contributed by atoms with Crippen molar-refractivity contribution < 1.29 is 19.8 Å². The quantitative estimate of drug-likeness (QED) is 0.403. The summed E-state index contributed by atoms with van der Waals surface area (Å²) in [7, 11) is 0. The van der Waals surface area contributed by atoms with Gasteiger partial charge in [0, 0.05) is 35.9 Å². The van der Waals surface area contributed by atoms with Crippen molar-refractivity contribution >= 4 is 34.2 Å². The summed E-state index contributed by atoms with van der Waals surface area (Å²) < 4.78 is 2.14. The molecule has 0 unspecified atom stereocenters. The third-order valence-corrected chi connectivity index (χ3v) is 6.63. The molecule has 0 bridgehead atoms. The molecule has 1 saturated heterocycles. The van der Waals surface area contributed by atoms with Crippen LogP contribution >= 0.6 is 11.3 Å². The van der Waals surface area contributed by atoms with Crippen LogP contribution in [0.3, 0.4) is 0 Å². The molecular weight excluding hydrogens is 430 g/mol. The standard InChI is InChI=1S/C22H27N5O4S/c1-14-25-17-4-2-3-5-18(17)27(14)13-16-7-6-15(32-16)12-24-21(30)19(28)20(29)22(31)26-10-8-23-9-11-26/h2-7,19-20,23,28-29H,8-13H2,1H3,(H,24,30)/t19-,20-/m1/s1. The topological polar surface area (TPSA) is 120 Å². The van der Waals surface area contributed by atoms with Crippen molar-refractivity contribution in [2.24, 2.45) is 0 Å². The number of aromatic nitrogens is 2. The summed E-state index contributed by atoms with van der Waals surface area (Å²) in [5.74, 6) is -0.469. The van der Waals surface area contributed by atoms with Gasteiger partial charge in [-0.25, -0.2) is 4.98 Å². The third-order valence-electron chi connectivity index (χ3n) is 5.56. The molecule has 0 radical (unpaired) electrons. The SMILES string of the molecule is Cc1nc2ccccc2n1Cc1ccc(CNC(=O)[C@H](O)[C@@H](O)C(=O)N2CCNCC2)s1. The van der Waals surface area contributed by atoms with Crippen molar-refractivity contribution in [3.8, 4) is 0 Å². The van der Waals surface area contributed by atoms with Crippen molar-refractivity contribution in [2.75, 3.05) is 26.2 Å². The molecule has 32 heavy (non-hydrogen) atoms. The Hall–Kier alpha value is -2.79. The predicted molar refractivity (Wildman–Crippen MR) is 121 cm³/mol. The minimum atomic E-state index is -1.81. The molecule has 1 fully saturated rings. The maximum atomic E-state index is 12.3. The van der Waals surface area contributed by atoms with Gasteiger partial charge in [-0.1, -0.05) is 12.1 Å². The lowest BCUT2D eigenvalue weighted by molar-refractivity contribution is -0.153. The van der Waals surface area contributed by atoms with Crippen LogP contribution < -0.4 is 10.6 Å². The van der Waals surface area contributed by atoms with Crippen molar-refractivity contribution in [1.29, 1.82) is 0 Å². The Morgan fingerprint density at radius 1 is 1.12 bits per heavy atom. The monoisotopic (exact) mass is 457 g/mol. The van der Waals surface area contributed by atoms with E-state index in [4.69, 9.17) is 0 Å². The number of carbonyl (C=O) groups excluding carboxylic acids is 2. The molecule has 1 aliphatic heterocycles. The van der Waals surface area contributed by atoms with E-state index in [0.717, 1.165) is 26.6 Å². The molecule has 170 valence electrons. The highest BCUT2D eigenvalue weighted by molar-refractivity contribution is 7.11. The summed E-state index contributed by atoms with van der Waals surface area (Å²) in [5, 5.41) is 26.0. The average Bonchev–Trinajstić information content (AvgIpc) is 3.40. The first-order valence-electron chi connectivity index (χ1n) is 10.6. The number of piperazine rings is 1. The number of thiophene rings is 1. The second-order valence-corrected chi connectivity index (χ2v) is 9.04. The maximum absolute atomic E-state index is 12.3. The van der Waals surface area contributed by atoms with E-state index in [0.29, 0.717) is 32.7 Å². The van der Waals surface area contributed by atoms with E-state index in [1.165, 1.54) is 4.90 Å². The number of rotatable bonds is 7. The maximum Gasteiger partial charge on any atom is 0.254 e. The summed E-state index contributed by atoms with van der Waals surface area (Å²) in [6.07, 6.45) is -3.58. The van der Waals surface area contributed by atoms with Crippen LogP contribution in [-0.2, 0) is 22.7 Å². The molecule has 10 heteroatoms. The molecule has 2 amide bonds. The van der Waals surface area contributed by atoms with Crippen LogP contribution in [0, 0.1) is 6.92 Å². The molecule has 4 N–H and O–H groups in total. The van der Waals surface area contributed by atoms with Gasteiger partial charge in [-0.05, 0) is 31.2 Å². The number of amides is 2. The number of hydrogen-bond acceptors (Lipinski definition) is 7. The average molecular weight is 458 g/mol. The Morgan fingerprint density at radius 2 is 1.84 bits per heavy atom. The van der Waals surface area contributed by atoms with E-state index >= 15 is 0 Å². The molecule has 2 atom stereocenters. The third kappa shape index (κ3) is 4.83. The van der Waals surface area contributed by atoms with E-state index < -0.39 is 24.0 Å². The van der Waals surface area contributed by atoms with Crippen LogP contribution in [0.15, 0.2) is 36.4 Å².